The Morgan fingerprint density at radius 3 is 2.73 bits per heavy atom. The summed E-state index contributed by atoms with van der Waals surface area (Å²) in [6.07, 6.45) is 6.84. The van der Waals surface area contributed by atoms with Gasteiger partial charge in [0.25, 0.3) is 5.91 Å². The van der Waals surface area contributed by atoms with E-state index < -0.39 is 15.9 Å². The van der Waals surface area contributed by atoms with Gasteiger partial charge in [0.1, 0.15) is 5.82 Å². The number of aromatic nitrogens is 3. The Bertz CT molecular complexity index is 1210. The average molecular weight is 449 g/mol. The van der Waals surface area contributed by atoms with Gasteiger partial charge in [-0.2, -0.15) is 5.10 Å². The molecule has 0 bridgehead atoms. The Morgan fingerprint density at radius 1 is 1.27 bits per heavy atom. The van der Waals surface area contributed by atoms with E-state index in [0.29, 0.717) is 22.7 Å². The van der Waals surface area contributed by atoms with Gasteiger partial charge in [0.05, 0.1) is 22.0 Å². The maximum Gasteiger partial charge on any atom is 0.257 e. The van der Waals surface area contributed by atoms with Crippen molar-refractivity contribution in [2.24, 2.45) is 7.05 Å². The van der Waals surface area contributed by atoms with Crippen molar-refractivity contribution >= 4 is 44.5 Å². The molecule has 2 heterocycles. The number of sulfonamides is 1. The van der Waals surface area contributed by atoms with Crippen molar-refractivity contribution in [3.8, 4) is 5.82 Å². The predicted molar refractivity (Wildman–Crippen MR) is 120 cm³/mol. The summed E-state index contributed by atoms with van der Waals surface area (Å²) in [5.41, 5.74) is 2.31. The molecule has 0 radical (unpaired) electrons. The average Bonchev–Trinajstić information content (AvgIpc) is 3.15. The first-order valence-corrected chi connectivity index (χ1v) is 11.8. The molecule has 1 aromatic carbocycles. The summed E-state index contributed by atoms with van der Waals surface area (Å²) in [6.45, 7) is 3.82. The first kappa shape index (κ1) is 22.1. The molecule has 160 valence electrons. The SMILES string of the molecule is CCCCCS(=O)(=O)NC(=O)C=Cc1c(C)nn(C)c1-n1cc(Cl)c2ccccc21. The lowest BCUT2D eigenvalue weighted by molar-refractivity contribution is -0.114. The number of halogens is 1. The largest absolute Gasteiger partial charge is 0.299 e. The second-order valence-electron chi connectivity index (χ2n) is 7.14. The fourth-order valence-electron chi connectivity index (χ4n) is 3.40. The first-order chi connectivity index (χ1) is 14.2. The van der Waals surface area contributed by atoms with Crippen LogP contribution in [0.5, 0.6) is 0 Å². The molecule has 3 rings (SSSR count). The van der Waals surface area contributed by atoms with E-state index in [0.717, 1.165) is 29.6 Å². The molecule has 2 aromatic heterocycles. The number of hydrogen-bond acceptors (Lipinski definition) is 4. The van der Waals surface area contributed by atoms with Crippen LogP contribution in [-0.2, 0) is 21.9 Å². The van der Waals surface area contributed by atoms with Crippen LogP contribution in [0.4, 0.5) is 0 Å². The number of nitrogens with one attached hydrogen (secondary N) is 1. The van der Waals surface area contributed by atoms with Gasteiger partial charge in [0.15, 0.2) is 0 Å². The van der Waals surface area contributed by atoms with Gasteiger partial charge in [0.2, 0.25) is 10.0 Å². The third-order valence-electron chi connectivity index (χ3n) is 4.80. The van der Waals surface area contributed by atoms with E-state index in [1.165, 1.54) is 6.08 Å². The minimum atomic E-state index is -3.64. The minimum absolute atomic E-state index is 0.0640. The van der Waals surface area contributed by atoms with Crippen molar-refractivity contribution in [1.82, 2.24) is 19.1 Å². The predicted octanol–water partition coefficient (Wildman–Crippen LogP) is 3.98. The molecule has 0 atom stereocenters. The van der Waals surface area contributed by atoms with Crippen LogP contribution in [0.2, 0.25) is 5.02 Å². The van der Waals surface area contributed by atoms with E-state index in [1.54, 1.807) is 24.0 Å². The quantitative estimate of drug-likeness (QED) is 0.417. The molecule has 0 spiro atoms. The van der Waals surface area contributed by atoms with Crippen molar-refractivity contribution < 1.29 is 13.2 Å². The van der Waals surface area contributed by atoms with E-state index in [1.807, 2.05) is 42.7 Å². The monoisotopic (exact) mass is 448 g/mol. The van der Waals surface area contributed by atoms with Crippen LogP contribution < -0.4 is 4.72 Å². The highest BCUT2D eigenvalue weighted by Gasteiger charge is 2.18. The smallest absolute Gasteiger partial charge is 0.257 e. The van der Waals surface area contributed by atoms with E-state index in [2.05, 4.69) is 9.82 Å². The van der Waals surface area contributed by atoms with E-state index in [4.69, 9.17) is 11.6 Å². The molecule has 9 heteroatoms. The van der Waals surface area contributed by atoms with Crippen molar-refractivity contribution in [1.29, 1.82) is 0 Å². The van der Waals surface area contributed by atoms with Gasteiger partial charge in [-0.05, 0) is 25.5 Å². The van der Waals surface area contributed by atoms with Gasteiger partial charge >= 0.3 is 0 Å². The fourth-order valence-corrected chi connectivity index (χ4v) is 4.71. The van der Waals surface area contributed by atoms with Crippen molar-refractivity contribution in [3.63, 3.8) is 0 Å². The molecule has 0 saturated carbocycles. The number of rotatable bonds is 8. The number of unbranched alkanes of at least 4 members (excludes halogenated alkanes) is 2. The highest BCUT2D eigenvalue weighted by Crippen LogP contribution is 2.30. The number of hydrogen-bond donors (Lipinski definition) is 1. The lowest BCUT2D eigenvalue weighted by Gasteiger charge is -2.08. The lowest BCUT2D eigenvalue weighted by Crippen LogP contribution is -2.31. The van der Waals surface area contributed by atoms with Gasteiger partial charge in [-0.15, -0.1) is 0 Å². The maximum absolute atomic E-state index is 12.2. The molecule has 7 nitrogen and oxygen atoms in total. The van der Waals surface area contributed by atoms with Crippen LogP contribution in [0.1, 0.15) is 37.4 Å². The van der Waals surface area contributed by atoms with Crippen LogP contribution in [0.25, 0.3) is 22.8 Å². The molecule has 0 aliphatic heterocycles. The number of amides is 1. The maximum atomic E-state index is 12.2. The van der Waals surface area contributed by atoms with Gasteiger partial charge in [-0.1, -0.05) is 49.6 Å². The number of fused-ring (bicyclic) bond motifs is 1. The van der Waals surface area contributed by atoms with Crippen LogP contribution in [0.15, 0.2) is 36.5 Å². The van der Waals surface area contributed by atoms with Gasteiger partial charge in [-0.3, -0.25) is 14.0 Å². The Balaban J connectivity index is 1.90. The second kappa shape index (κ2) is 9.06. The van der Waals surface area contributed by atoms with Crippen LogP contribution in [0, 0.1) is 6.92 Å². The van der Waals surface area contributed by atoms with Crippen LogP contribution in [-0.4, -0.2) is 34.4 Å². The summed E-state index contributed by atoms with van der Waals surface area (Å²) >= 11 is 6.39. The molecule has 0 aliphatic carbocycles. The second-order valence-corrected chi connectivity index (χ2v) is 9.39. The summed E-state index contributed by atoms with van der Waals surface area (Å²) in [6, 6.07) is 7.72. The number of benzene rings is 1. The molecular formula is C21H25ClN4O3S. The highest BCUT2D eigenvalue weighted by atomic mass is 35.5. The summed E-state index contributed by atoms with van der Waals surface area (Å²) in [5.74, 6) is -0.0209. The zero-order valence-corrected chi connectivity index (χ0v) is 18.8. The van der Waals surface area contributed by atoms with E-state index in [-0.39, 0.29) is 5.75 Å². The number of para-hydroxylation sites is 1. The number of nitrogens with zero attached hydrogens (tertiary/aromatic N) is 3. The van der Waals surface area contributed by atoms with E-state index >= 15 is 0 Å². The molecule has 0 unspecified atom stereocenters. The summed E-state index contributed by atoms with van der Waals surface area (Å²) in [7, 11) is -1.84. The topological polar surface area (TPSA) is 86.0 Å². The van der Waals surface area contributed by atoms with Crippen molar-refractivity contribution in [2.75, 3.05) is 5.75 Å². The Hall–Kier alpha value is -2.58. The lowest BCUT2D eigenvalue weighted by atomic mass is 10.2. The third kappa shape index (κ3) is 4.76. The molecular weight excluding hydrogens is 424 g/mol. The van der Waals surface area contributed by atoms with Crippen molar-refractivity contribution in [3.05, 3.63) is 52.8 Å². The molecule has 30 heavy (non-hydrogen) atoms. The standard InChI is InChI=1S/C21H25ClN4O3S/c1-4-5-8-13-30(28,29)24-20(27)12-11-16-15(2)23-25(3)21(16)26-14-18(22)17-9-6-7-10-19(17)26/h6-7,9-12,14H,4-5,8,13H2,1-3H3,(H,24,27). The molecule has 0 saturated heterocycles. The zero-order valence-electron chi connectivity index (χ0n) is 17.2. The summed E-state index contributed by atoms with van der Waals surface area (Å²) in [5, 5.41) is 5.97. The molecule has 1 amide bonds. The highest BCUT2D eigenvalue weighted by molar-refractivity contribution is 7.90. The zero-order chi connectivity index (χ0) is 21.9. The fraction of sp³-hybridized carbons (Fsp3) is 0.333. The molecule has 0 fully saturated rings. The van der Waals surface area contributed by atoms with Gasteiger partial charge in [-0.25, -0.2) is 13.1 Å². The first-order valence-electron chi connectivity index (χ1n) is 9.75. The number of carbonyl (C=O) groups excluding carboxylic acids is 1. The molecule has 3 aromatic rings. The van der Waals surface area contributed by atoms with Crippen LogP contribution >= 0.6 is 11.6 Å². The molecule has 0 aliphatic rings. The normalized spacial score (nSPS) is 12.1. The van der Waals surface area contributed by atoms with Gasteiger partial charge in [0, 0.05) is 30.3 Å². The number of aryl methyl sites for hydroxylation is 2. The van der Waals surface area contributed by atoms with Gasteiger partial charge < -0.3 is 0 Å². The Morgan fingerprint density at radius 2 is 2.00 bits per heavy atom. The molecule has 1 N–H and O–H groups in total. The van der Waals surface area contributed by atoms with Crippen molar-refractivity contribution in [2.45, 2.75) is 33.1 Å². The van der Waals surface area contributed by atoms with Crippen LogP contribution in [0.3, 0.4) is 0 Å². The summed E-state index contributed by atoms with van der Waals surface area (Å²) < 4.78 is 29.8. The Kier molecular flexibility index (Phi) is 6.67. The third-order valence-corrected chi connectivity index (χ3v) is 6.44. The van der Waals surface area contributed by atoms with E-state index in [9.17, 15) is 13.2 Å². The summed E-state index contributed by atoms with van der Waals surface area (Å²) in [4.78, 5) is 12.2. The Labute approximate surface area is 181 Å². The number of carbonyl (C=O) groups is 1. The minimum Gasteiger partial charge on any atom is -0.299 e.